The highest BCUT2D eigenvalue weighted by molar-refractivity contribution is 5.94. The van der Waals surface area contributed by atoms with Gasteiger partial charge in [-0.3, -0.25) is 5.32 Å². The van der Waals surface area contributed by atoms with Crippen LogP contribution in [-0.2, 0) is 9.47 Å². The number of carbonyl (C=O) groups excluding carboxylic acids is 2. The number of hydrogen-bond donors (Lipinski definition) is 2. The van der Waals surface area contributed by atoms with Gasteiger partial charge >= 0.3 is 12.1 Å². The summed E-state index contributed by atoms with van der Waals surface area (Å²) in [6.45, 7) is 5.32. The van der Waals surface area contributed by atoms with Gasteiger partial charge in [-0.1, -0.05) is 0 Å². The van der Waals surface area contributed by atoms with Gasteiger partial charge in [0, 0.05) is 0 Å². The SMILES string of the molecule is COC(=O)c1ccc2[nH]c(NC(=O)OC(C)(C)C)nc2c1. The third kappa shape index (κ3) is 3.71. The van der Waals surface area contributed by atoms with Gasteiger partial charge in [0.15, 0.2) is 0 Å². The van der Waals surface area contributed by atoms with Gasteiger partial charge in [0.05, 0.1) is 23.7 Å². The predicted octanol–water partition coefficient (Wildman–Crippen LogP) is 2.70. The van der Waals surface area contributed by atoms with E-state index in [2.05, 4.69) is 20.0 Å². The fourth-order valence-corrected chi connectivity index (χ4v) is 1.71. The maximum Gasteiger partial charge on any atom is 0.414 e. The minimum Gasteiger partial charge on any atom is -0.465 e. The highest BCUT2D eigenvalue weighted by Gasteiger charge is 2.17. The molecule has 0 aliphatic rings. The average Bonchev–Trinajstić information content (AvgIpc) is 2.76. The standard InChI is InChI=1S/C14H17N3O4/c1-14(2,3)21-13(19)17-12-15-9-6-5-8(11(18)20-4)7-10(9)16-12/h5-7H,1-4H3,(H2,15,16,17,19). The molecule has 0 radical (unpaired) electrons. The Labute approximate surface area is 121 Å². The Hall–Kier alpha value is -2.57. The summed E-state index contributed by atoms with van der Waals surface area (Å²) in [5.41, 5.74) is 1.03. The van der Waals surface area contributed by atoms with Gasteiger partial charge in [0.2, 0.25) is 5.95 Å². The third-order valence-corrected chi connectivity index (χ3v) is 2.52. The van der Waals surface area contributed by atoms with Crippen molar-refractivity contribution in [3.8, 4) is 0 Å². The summed E-state index contributed by atoms with van der Waals surface area (Å²) in [6, 6.07) is 4.89. The van der Waals surface area contributed by atoms with Gasteiger partial charge in [-0.2, -0.15) is 0 Å². The molecule has 0 aliphatic carbocycles. The number of nitrogens with one attached hydrogen (secondary N) is 2. The van der Waals surface area contributed by atoms with Crippen molar-refractivity contribution < 1.29 is 19.1 Å². The molecule has 1 amide bonds. The minimum absolute atomic E-state index is 0.251. The second-order valence-corrected chi connectivity index (χ2v) is 5.44. The number of anilines is 1. The first-order valence-electron chi connectivity index (χ1n) is 6.36. The Bertz CT molecular complexity index is 685. The van der Waals surface area contributed by atoms with Gasteiger partial charge in [-0.25, -0.2) is 14.6 Å². The molecule has 1 aromatic carbocycles. The Morgan fingerprint density at radius 3 is 2.62 bits per heavy atom. The molecule has 0 aliphatic heterocycles. The van der Waals surface area contributed by atoms with Crippen LogP contribution in [0.15, 0.2) is 18.2 Å². The van der Waals surface area contributed by atoms with E-state index in [1.807, 2.05) is 0 Å². The maximum absolute atomic E-state index is 11.7. The molecule has 2 aromatic rings. The molecule has 112 valence electrons. The lowest BCUT2D eigenvalue weighted by atomic mass is 10.2. The van der Waals surface area contributed by atoms with Gasteiger partial charge in [-0.05, 0) is 39.0 Å². The first-order chi connectivity index (χ1) is 9.78. The predicted molar refractivity (Wildman–Crippen MR) is 77.3 cm³/mol. The van der Waals surface area contributed by atoms with E-state index in [4.69, 9.17) is 4.74 Å². The van der Waals surface area contributed by atoms with Crippen molar-refractivity contribution in [3.05, 3.63) is 23.8 Å². The van der Waals surface area contributed by atoms with Crippen molar-refractivity contribution in [2.75, 3.05) is 12.4 Å². The number of aromatic amines is 1. The number of benzene rings is 1. The first kappa shape index (κ1) is 14.8. The van der Waals surface area contributed by atoms with Crippen molar-refractivity contribution in [1.82, 2.24) is 9.97 Å². The molecule has 0 saturated carbocycles. The summed E-state index contributed by atoms with van der Waals surface area (Å²) >= 11 is 0. The van der Waals surface area contributed by atoms with Crippen LogP contribution < -0.4 is 5.32 Å². The summed E-state index contributed by atoms with van der Waals surface area (Å²) in [4.78, 5) is 30.2. The van der Waals surface area contributed by atoms with Gasteiger partial charge < -0.3 is 14.5 Å². The fraction of sp³-hybridized carbons (Fsp3) is 0.357. The minimum atomic E-state index is -0.602. The molecular formula is C14H17N3O4. The molecule has 0 saturated heterocycles. The lowest BCUT2D eigenvalue weighted by molar-refractivity contribution is 0.0598. The number of methoxy groups -OCH3 is 1. The van der Waals surface area contributed by atoms with Crippen LogP contribution in [-0.4, -0.2) is 34.7 Å². The average molecular weight is 291 g/mol. The topological polar surface area (TPSA) is 93.3 Å². The van der Waals surface area contributed by atoms with E-state index in [9.17, 15) is 9.59 Å². The van der Waals surface area contributed by atoms with Crippen LogP contribution in [0.2, 0.25) is 0 Å². The van der Waals surface area contributed by atoms with Crippen LogP contribution in [0.25, 0.3) is 11.0 Å². The van der Waals surface area contributed by atoms with Crippen LogP contribution in [0, 0.1) is 0 Å². The molecule has 7 nitrogen and oxygen atoms in total. The Kier molecular flexibility index (Phi) is 3.84. The second kappa shape index (κ2) is 5.43. The van der Waals surface area contributed by atoms with Gasteiger partial charge in [-0.15, -0.1) is 0 Å². The summed E-state index contributed by atoms with van der Waals surface area (Å²) in [5.74, 6) is -0.192. The molecule has 0 unspecified atom stereocenters. The molecule has 7 heteroatoms. The number of nitrogens with zero attached hydrogens (tertiary/aromatic N) is 1. The van der Waals surface area contributed by atoms with Crippen LogP contribution in [0.5, 0.6) is 0 Å². The number of carbonyl (C=O) groups is 2. The normalized spacial score (nSPS) is 11.2. The number of esters is 1. The van der Waals surface area contributed by atoms with Crippen molar-refractivity contribution in [2.45, 2.75) is 26.4 Å². The largest absolute Gasteiger partial charge is 0.465 e. The van der Waals surface area contributed by atoms with E-state index in [-0.39, 0.29) is 5.95 Å². The summed E-state index contributed by atoms with van der Waals surface area (Å²) in [5, 5.41) is 2.51. The zero-order valence-corrected chi connectivity index (χ0v) is 12.3. The molecule has 2 rings (SSSR count). The lowest BCUT2D eigenvalue weighted by Crippen LogP contribution is -2.27. The number of fused-ring (bicyclic) bond motifs is 1. The van der Waals surface area contributed by atoms with E-state index >= 15 is 0 Å². The van der Waals surface area contributed by atoms with E-state index in [1.165, 1.54) is 7.11 Å². The van der Waals surface area contributed by atoms with Crippen molar-refractivity contribution in [3.63, 3.8) is 0 Å². The smallest absolute Gasteiger partial charge is 0.414 e. The third-order valence-electron chi connectivity index (χ3n) is 2.52. The molecule has 1 aromatic heterocycles. The highest BCUT2D eigenvalue weighted by Crippen LogP contribution is 2.17. The molecule has 0 atom stereocenters. The van der Waals surface area contributed by atoms with E-state index in [1.54, 1.807) is 39.0 Å². The highest BCUT2D eigenvalue weighted by atomic mass is 16.6. The van der Waals surface area contributed by atoms with Gasteiger partial charge in [0.1, 0.15) is 5.60 Å². The van der Waals surface area contributed by atoms with Crippen LogP contribution in [0.4, 0.5) is 10.7 Å². The Morgan fingerprint density at radius 1 is 1.29 bits per heavy atom. The second-order valence-electron chi connectivity index (χ2n) is 5.44. The number of imidazole rings is 1. The quantitative estimate of drug-likeness (QED) is 0.830. The fourth-order valence-electron chi connectivity index (χ4n) is 1.71. The van der Waals surface area contributed by atoms with Crippen molar-refractivity contribution in [2.24, 2.45) is 0 Å². The van der Waals surface area contributed by atoms with Crippen LogP contribution >= 0.6 is 0 Å². The van der Waals surface area contributed by atoms with E-state index in [0.29, 0.717) is 16.6 Å². The molecule has 2 N–H and O–H groups in total. The maximum atomic E-state index is 11.7. The number of H-pyrrole nitrogens is 1. The lowest BCUT2D eigenvalue weighted by Gasteiger charge is -2.18. The molecule has 0 bridgehead atoms. The zero-order valence-electron chi connectivity index (χ0n) is 12.3. The molecule has 1 heterocycles. The summed E-state index contributed by atoms with van der Waals surface area (Å²) in [6.07, 6.45) is -0.602. The molecular weight excluding hydrogens is 274 g/mol. The molecule has 21 heavy (non-hydrogen) atoms. The number of hydrogen-bond acceptors (Lipinski definition) is 5. The van der Waals surface area contributed by atoms with Crippen LogP contribution in [0.1, 0.15) is 31.1 Å². The number of amides is 1. The Morgan fingerprint density at radius 2 is 2.00 bits per heavy atom. The number of ether oxygens (including phenoxy) is 2. The summed E-state index contributed by atoms with van der Waals surface area (Å²) < 4.78 is 9.78. The number of aromatic nitrogens is 2. The van der Waals surface area contributed by atoms with Crippen molar-refractivity contribution in [1.29, 1.82) is 0 Å². The zero-order chi connectivity index (χ0) is 15.6. The van der Waals surface area contributed by atoms with Crippen LogP contribution in [0.3, 0.4) is 0 Å². The van der Waals surface area contributed by atoms with E-state index in [0.717, 1.165) is 0 Å². The Balaban J connectivity index is 2.19. The molecule has 0 fully saturated rings. The van der Waals surface area contributed by atoms with Gasteiger partial charge in [0.25, 0.3) is 0 Å². The summed E-state index contributed by atoms with van der Waals surface area (Å²) in [7, 11) is 1.31. The number of rotatable bonds is 2. The van der Waals surface area contributed by atoms with Crippen molar-refractivity contribution >= 4 is 29.0 Å². The molecule has 0 spiro atoms. The monoisotopic (exact) mass is 291 g/mol. The first-order valence-corrected chi connectivity index (χ1v) is 6.36. The van der Waals surface area contributed by atoms with E-state index < -0.39 is 17.7 Å².